The molecule has 0 heterocycles. The highest BCUT2D eigenvalue weighted by Gasteiger charge is 2.32. The van der Waals surface area contributed by atoms with Gasteiger partial charge in [0.05, 0.1) is 14.2 Å². The van der Waals surface area contributed by atoms with Crippen LogP contribution in [0.4, 0.5) is 0 Å². The van der Waals surface area contributed by atoms with Crippen molar-refractivity contribution in [2.75, 3.05) is 14.2 Å². The highest BCUT2D eigenvalue weighted by atomic mass is 16.5. The van der Waals surface area contributed by atoms with Gasteiger partial charge in [-0.3, -0.25) is 0 Å². The predicted molar refractivity (Wildman–Crippen MR) is 185 cm³/mol. The van der Waals surface area contributed by atoms with Gasteiger partial charge in [-0.1, -0.05) is 164 Å². The van der Waals surface area contributed by atoms with Crippen LogP contribution >= 0.6 is 0 Å². The van der Waals surface area contributed by atoms with E-state index in [1.54, 1.807) is 6.08 Å². The molecule has 4 nitrogen and oxygen atoms in total. The molecule has 0 amide bonds. The molecule has 0 unspecified atom stereocenters. The quantitative estimate of drug-likeness (QED) is 0.0655. The highest BCUT2D eigenvalue weighted by molar-refractivity contribution is 6.14. The van der Waals surface area contributed by atoms with Crippen molar-refractivity contribution in [2.45, 2.75) is 6.42 Å². The molecule has 0 atom stereocenters. The molecular weight excluding hydrogens is 568 g/mol. The van der Waals surface area contributed by atoms with Gasteiger partial charge in [0.2, 0.25) is 0 Å². The molecule has 5 rings (SSSR count). The summed E-state index contributed by atoms with van der Waals surface area (Å²) < 4.78 is 10.3. The van der Waals surface area contributed by atoms with E-state index in [0.29, 0.717) is 6.42 Å². The molecule has 0 aliphatic rings. The van der Waals surface area contributed by atoms with E-state index in [-0.39, 0.29) is 5.57 Å². The Hall–Kier alpha value is -5.74. The number of hydrogen-bond acceptors (Lipinski definition) is 4. The Kier molecular flexibility index (Phi) is 10.5. The SMILES string of the molecule is COC(=O)C(=CC(C=C(c1ccccc1)c1ccccc1)(C=C(c1ccccc1)c1ccccc1)Cc1ccccc1)C(=O)OC. The normalized spacial score (nSPS) is 10.7. The summed E-state index contributed by atoms with van der Waals surface area (Å²) in [7, 11) is 2.53. The van der Waals surface area contributed by atoms with Crippen LogP contribution in [0.5, 0.6) is 0 Å². The van der Waals surface area contributed by atoms with Crippen LogP contribution in [0.3, 0.4) is 0 Å². The summed E-state index contributed by atoms with van der Waals surface area (Å²) in [5, 5.41) is 0. The highest BCUT2D eigenvalue weighted by Crippen LogP contribution is 2.40. The Morgan fingerprint density at radius 1 is 0.478 bits per heavy atom. The van der Waals surface area contributed by atoms with E-state index in [4.69, 9.17) is 9.47 Å². The fourth-order valence-electron chi connectivity index (χ4n) is 5.59. The van der Waals surface area contributed by atoms with Gasteiger partial charge in [0.25, 0.3) is 0 Å². The zero-order valence-electron chi connectivity index (χ0n) is 26.0. The fraction of sp³-hybridized carbons (Fsp3) is 0.0952. The number of methoxy groups -OCH3 is 2. The molecule has 46 heavy (non-hydrogen) atoms. The van der Waals surface area contributed by atoms with Gasteiger partial charge in [-0.15, -0.1) is 0 Å². The van der Waals surface area contributed by atoms with E-state index in [0.717, 1.165) is 39.0 Å². The van der Waals surface area contributed by atoms with Crippen molar-refractivity contribution in [1.82, 2.24) is 0 Å². The lowest BCUT2D eigenvalue weighted by molar-refractivity contribution is -0.144. The van der Waals surface area contributed by atoms with Crippen molar-refractivity contribution >= 4 is 23.1 Å². The third-order valence-electron chi connectivity index (χ3n) is 7.74. The van der Waals surface area contributed by atoms with Crippen molar-refractivity contribution in [3.8, 4) is 0 Å². The summed E-state index contributed by atoms with van der Waals surface area (Å²) in [5.74, 6) is -1.54. The third-order valence-corrected chi connectivity index (χ3v) is 7.74. The van der Waals surface area contributed by atoms with E-state index in [1.165, 1.54) is 14.2 Å². The van der Waals surface area contributed by atoms with Crippen LogP contribution in [0.15, 0.2) is 175 Å². The minimum absolute atomic E-state index is 0.186. The Bertz CT molecular complexity index is 1630. The van der Waals surface area contributed by atoms with E-state index in [1.807, 2.05) is 91.0 Å². The van der Waals surface area contributed by atoms with Crippen LogP contribution in [-0.4, -0.2) is 26.2 Å². The van der Waals surface area contributed by atoms with Gasteiger partial charge in [0.15, 0.2) is 0 Å². The topological polar surface area (TPSA) is 52.6 Å². The lowest BCUT2D eigenvalue weighted by Crippen LogP contribution is -2.24. The maximum atomic E-state index is 13.3. The summed E-state index contributed by atoms with van der Waals surface area (Å²) in [6.07, 6.45) is 6.44. The Morgan fingerprint density at radius 2 is 0.783 bits per heavy atom. The number of carbonyl (C=O) groups excluding carboxylic acids is 2. The largest absolute Gasteiger partial charge is 0.465 e. The van der Waals surface area contributed by atoms with E-state index in [2.05, 4.69) is 72.8 Å². The molecule has 0 aliphatic heterocycles. The molecule has 0 radical (unpaired) electrons. The minimum Gasteiger partial charge on any atom is -0.465 e. The second-order valence-corrected chi connectivity index (χ2v) is 10.9. The molecule has 5 aromatic carbocycles. The van der Waals surface area contributed by atoms with E-state index < -0.39 is 17.4 Å². The van der Waals surface area contributed by atoms with Gasteiger partial charge in [-0.05, 0) is 51.5 Å². The number of ether oxygens (including phenoxy) is 2. The number of allylic oxidation sites excluding steroid dienone is 3. The Balaban J connectivity index is 1.95. The molecule has 0 N–H and O–H groups in total. The maximum absolute atomic E-state index is 13.3. The average molecular weight is 605 g/mol. The first-order valence-corrected chi connectivity index (χ1v) is 15.1. The molecule has 0 fully saturated rings. The van der Waals surface area contributed by atoms with Crippen LogP contribution in [0.2, 0.25) is 0 Å². The molecular formula is C42H36O4. The maximum Gasteiger partial charge on any atom is 0.345 e. The minimum atomic E-state index is -1.04. The van der Waals surface area contributed by atoms with Gasteiger partial charge in [0.1, 0.15) is 5.57 Å². The lowest BCUT2D eigenvalue weighted by Gasteiger charge is -2.29. The van der Waals surface area contributed by atoms with Crippen molar-refractivity contribution in [3.05, 3.63) is 203 Å². The Morgan fingerprint density at radius 3 is 1.09 bits per heavy atom. The second-order valence-electron chi connectivity index (χ2n) is 10.9. The van der Waals surface area contributed by atoms with E-state index >= 15 is 0 Å². The van der Waals surface area contributed by atoms with Crippen molar-refractivity contribution < 1.29 is 19.1 Å². The molecule has 0 bridgehead atoms. The number of benzene rings is 5. The summed E-state index contributed by atoms with van der Waals surface area (Å²) in [4.78, 5) is 26.5. The first-order chi connectivity index (χ1) is 22.5. The van der Waals surface area contributed by atoms with Gasteiger partial charge >= 0.3 is 11.9 Å². The lowest BCUT2D eigenvalue weighted by atomic mass is 9.74. The second kappa shape index (κ2) is 15.3. The average Bonchev–Trinajstić information content (AvgIpc) is 3.13. The van der Waals surface area contributed by atoms with Crippen molar-refractivity contribution in [1.29, 1.82) is 0 Å². The molecule has 0 saturated heterocycles. The smallest absolute Gasteiger partial charge is 0.345 e. The van der Waals surface area contributed by atoms with Crippen molar-refractivity contribution in [3.63, 3.8) is 0 Å². The molecule has 0 aliphatic carbocycles. The number of rotatable bonds is 11. The van der Waals surface area contributed by atoms with Crippen LogP contribution < -0.4 is 0 Å². The van der Waals surface area contributed by atoms with Gasteiger partial charge in [-0.2, -0.15) is 0 Å². The number of carbonyl (C=O) groups is 2. The van der Waals surface area contributed by atoms with Gasteiger partial charge in [-0.25, -0.2) is 9.59 Å². The van der Waals surface area contributed by atoms with Crippen LogP contribution in [0.1, 0.15) is 27.8 Å². The molecule has 0 spiro atoms. The van der Waals surface area contributed by atoms with Crippen LogP contribution in [0.25, 0.3) is 11.1 Å². The van der Waals surface area contributed by atoms with Crippen LogP contribution in [-0.2, 0) is 25.5 Å². The fourth-order valence-corrected chi connectivity index (χ4v) is 5.59. The first kappa shape index (κ1) is 31.7. The number of esters is 2. The molecule has 0 saturated carbocycles. The monoisotopic (exact) mass is 604 g/mol. The zero-order valence-corrected chi connectivity index (χ0v) is 26.0. The summed E-state index contributed by atoms with van der Waals surface area (Å²) in [6.45, 7) is 0. The number of hydrogen-bond donors (Lipinski definition) is 0. The van der Waals surface area contributed by atoms with Crippen LogP contribution in [0, 0.1) is 5.41 Å². The zero-order chi connectivity index (χ0) is 32.2. The van der Waals surface area contributed by atoms with E-state index in [9.17, 15) is 9.59 Å². The predicted octanol–water partition coefficient (Wildman–Crippen LogP) is 8.75. The summed E-state index contributed by atoms with van der Waals surface area (Å²) in [6, 6.07) is 50.6. The first-order valence-electron chi connectivity index (χ1n) is 15.1. The third kappa shape index (κ3) is 7.85. The van der Waals surface area contributed by atoms with Crippen molar-refractivity contribution in [2.24, 2.45) is 5.41 Å². The molecule has 4 heteroatoms. The standard InChI is InChI=1S/C42H36O4/c1-45-40(43)39(41(44)46-2)31-42(28-32-18-8-3-9-19-32,29-37(33-20-10-4-11-21-33)34-22-12-5-13-23-34)30-38(35-24-14-6-15-25-35)36-26-16-7-17-27-36/h3-27,29-31H,28H2,1-2H3. The van der Waals surface area contributed by atoms with Gasteiger partial charge < -0.3 is 9.47 Å². The Labute approximate surface area is 271 Å². The molecule has 5 aromatic rings. The van der Waals surface area contributed by atoms with Gasteiger partial charge in [0, 0.05) is 5.41 Å². The molecule has 0 aromatic heterocycles. The summed E-state index contributed by atoms with van der Waals surface area (Å²) in [5.41, 5.74) is 5.64. The molecule has 228 valence electrons. The summed E-state index contributed by atoms with van der Waals surface area (Å²) >= 11 is 0.